The minimum Gasteiger partial charge on any atom is -0.362 e. The number of nitro groups is 1. The van der Waals surface area contributed by atoms with Gasteiger partial charge in [-0.05, 0) is 24.3 Å². The first-order valence-electron chi connectivity index (χ1n) is 8.86. The Morgan fingerprint density at radius 3 is 2.31 bits per heavy atom. The Hall–Kier alpha value is -3.31. The normalized spacial score (nSPS) is 14.9. The topological polar surface area (TPSA) is 136 Å². The van der Waals surface area contributed by atoms with Crippen LogP contribution in [0.15, 0.2) is 53.6 Å². The maximum Gasteiger partial charge on any atom is 0.293 e. The summed E-state index contributed by atoms with van der Waals surface area (Å²) in [5.41, 5.74) is 1.71. The van der Waals surface area contributed by atoms with Crippen molar-refractivity contribution in [2.24, 2.45) is 5.14 Å². The van der Waals surface area contributed by atoms with Crippen molar-refractivity contribution in [2.75, 3.05) is 36.0 Å². The third-order valence-corrected chi connectivity index (χ3v) is 5.76. The molecule has 2 heterocycles. The highest BCUT2D eigenvalue weighted by molar-refractivity contribution is 7.89. The van der Waals surface area contributed by atoms with Gasteiger partial charge in [0.25, 0.3) is 5.69 Å². The number of nitro benzene ring substituents is 1. The fraction of sp³-hybridized carbons (Fsp3) is 0.222. The summed E-state index contributed by atoms with van der Waals surface area (Å²) in [4.78, 5) is 23.6. The summed E-state index contributed by atoms with van der Waals surface area (Å²) in [7, 11) is -4.02. The number of hydrogen-bond acceptors (Lipinski definition) is 8. The minimum absolute atomic E-state index is 0.280. The molecular weight excluding hydrogens is 396 g/mol. The van der Waals surface area contributed by atoms with E-state index in [1.165, 1.54) is 12.1 Å². The largest absolute Gasteiger partial charge is 0.362 e. The smallest absolute Gasteiger partial charge is 0.293 e. The van der Waals surface area contributed by atoms with Crippen LogP contribution in [0.25, 0.3) is 11.0 Å². The highest BCUT2D eigenvalue weighted by atomic mass is 32.2. The number of aromatic nitrogens is 2. The molecule has 0 spiro atoms. The molecule has 2 N–H and O–H groups in total. The number of piperazine rings is 1. The number of nitrogens with zero attached hydrogens (tertiary/aromatic N) is 5. The summed E-state index contributed by atoms with van der Waals surface area (Å²) in [5.74, 6) is 0.752. The van der Waals surface area contributed by atoms with Gasteiger partial charge in [-0.1, -0.05) is 12.1 Å². The van der Waals surface area contributed by atoms with Gasteiger partial charge in [0.2, 0.25) is 10.0 Å². The molecule has 1 aliphatic heterocycles. The van der Waals surface area contributed by atoms with E-state index in [-0.39, 0.29) is 10.6 Å². The molecule has 0 atom stereocenters. The molecule has 1 aliphatic rings. The summed E-state index contributed by atoms with van der Waals surface area (Å²) in [6.07, 6.45) is 1.72. The van der Waals surface area contributed by atoms with Crippen LogP contribution in [0.1, 0.15) is 0 Å². The van der Waals surface area contributed by atoms with Crippen molar-refractivity contribution in [2.45, 2.75) is 4.90 Å². The van der Waals surface area contributed by atoms with E-state index in [1.54, 1.807) is 6.20 Å². The van der Waals surface area contributed by atoms with Gasteiger partial charge in [-0.25, -0.2) is 18.5 Å². The highest BCUT2D eigenvalue weighted by Gasteiger charge is 2.26. The van der Waals surface area contributed by atoms with E-state index in [1.807, 2.05) is 29.2 Å². The number of benzene rings is 2. The van der Waals surface area contributed by atoms with Gasteiger partial charge in [0, 0.05) is 32.2 Å². The van der Waals surface area contributed by atoms with Gasteiger partial charge in [-0.2, -0.15) is 0 Å². The number of hydrogen-bond donors (Lipinski definition) is 1. The van der Waals surface area contributed by atoms with Crippen LogP contribution in [-0.2, 0) is 10.0 Å². The third-order valence-electron chi connectivity index (χ3n) is 4.85. The van der Waals surface area contributed by atoms with E-state index >= 15 is 0 Å². The number of nitrogens with two attached hydrogens (primary N) is 1. The molecule has 1 aromatic heterocycles. The number of anilines is 2. The van der Waals surface area contributed by atoms with Crippen molar-refractivity contribution in [1.82, 2.24) is 9.97 Å². The van der Waals surface area contributed by atoms with Crippen LogP contribution in [0.4, 0.5) is 17.2 Å². The molecule has 0 unspecified atom stereocenters. The average molecular weight is 414 g/mol. The molecule has 3 aromatic rings. The zero-order valence-electron chi connectivity index (χ0n) is 15.3. The third kappa shape index (κ3) is 3.82. The summed E-state index contributed by atoms with van der Waals surface area (Å²) in [5, 5.41) is 16.6. The average Bonchev–Trinajstić information content (AvgIpc) is 2.72. The van der Waals surface area contributed by atoms with Gasteiger partial charge in [-0.15, -0.1) is 0 Å². The quantitative estimate of drug-likeness (QED) is 0.501. The number of para-hydroxylation sites is 2. The molecule has 4 rings (SSSR count). The Bertz CT molecular complexity index is 1190. The molecule has 150 valence electrons. The Balaban J connectivity index is 1.55. The molecule has 10 nitrogen and oxygen atoms in total. The van der Waals surface area contributed by atoms with E-state index in [0.717, 1.165) is 22.9 Å². The Morgan fingerprint density at radius 1 is 1.00 bits per heavy atom. The number of rotatable bonds is 4. The first-order chi connectivity index (χ1) is 13.8. The number of sulfonamides is 1. The maximum atomic E-state index is 11.5. The summed E-state index contributed by atoms with van der Waals surface area (Å²) in [6.45, 7) is 2.23. The van der Waals surface area contributed by atoms with Crippen molar-refractivity contribution >= 4 is 38.2 Å². The van der Waals surface area contributed by atoms with Crippen LogP contribution < -0.4 is 14.9 Å². The molecule has 1 fully saturated rings. The lowest BCUT2D eigenvalue weighted by Gasteiger charge is -2.36. The van der Waals surface area contributed by atoms with Crippen LogP contribution in [0, 0.1) is 10.1 Å². The lowest BCUT2D eigenvalue weighted by Crippen LogP contribution is -2.47. The molecule has 11 heteroatoms. The van der Waals surface area contributed by atoms with E-state index in [0.29, 0.717) is 31.9 Å². The standard InChI is InChI=1S/C18H18N6O4S/c19-29(27,28)13-5-6-16(17(11-13)24(25)26)22-7-9-23(10-8-22)18-12-20-14-3-1-2-4-15(14)21-18/h1-6,11-12H,7-10H2,(H2,19,27,28). The van der Waals surface area contributed by atoms with Crippen molar-refractivity contribution in [1.29, 1.82) is 0 Å². The second kappa shape index (κ2) is 7.26. The second-order valence-electron chi connectivity index (χ2n) is 6.64. The SMILES string of the molecule is NS(=O)(=O)c1ccc(N2CCN(c3cnc4ccccc4n3)CC2)c([N+](=O)[O-])c1. The highest BCUT2D eigenvalue weighted by Crippen LogP contribution is 2.31. The molecule has 0 bridgehead atoms. The predicted molar refractivity (Wildman–Crippen MR) is 108 cm³/mol. The number of fused-ring (bicyclic) bond motifs is 1. The first kappa shape index (κ1) is 19.0. The molecule has 0 aliphatic carbocycles. The Kier molecular flexibility index (Phi) is 4.76. The fourth-order valence-electron chi connectivity index (χ4n) is 3.37. The molecule has 1 saturated heterocycles. The molecule has 0 radical (unpaired) electrons. The van der Waals surface area contributed by atoms with E-state index in [2.05, 4.69) is 14.9 Å². The lowest BCUT2D eigenvalue weighted by atomic mass is 10.2. The molecule has 0 saturated carbocycles. The van der Waals surface area contributed by atoms with Gasteiger partial charge >= 0.3 is 0 Å². The number of primary sulfonamides is 1. The Labute approximate surface area is 166 Å². The minimum atomic E-state index is -4.02. The maximum absolute atomic E-state index is 11.5. The van der Waals surface area contributed by atoms with E-state index in [9.17, 15) is 18.5 Å². The van der Waals surface area contributed by atoms with Gasteiger partial charge in [0.15, 0.2) is 0 Å². The fourth-order valence-corrected chi connectivity index (χ4v) is 3.90. The van der Waals surface area contributed by atoms with Crippen LogP contribution in [0.5, 0.6) is 0 Å². The van der Waals surface area contributed by atoms with Gasteiger partial charge < -0.3 is 9.80 Å². The van der Waals surface area contributed by atoms with E-state index in [4.69, 9.17) is 5.14 Å². The molecule has 29 heavy (non-hydrogen) atoms. The molecule has 0 amide bonds. The zero-order valence-corrected chi connectivity index (χ0v) is 16.1. The van der Waals surface area contributed by atoms with Crippen LogP contribution in [-0.4, -0.2) is 49.5 Å². The monoisotopic (exact) mass is 414 g/mol. The summed E-state index contributed by atoms with van der Waals surface area (Å²) >= 11 is 0. The van der Waals surface area contributed by atoms with Crippen LogP contribution in [0.3, 0.4) is 0 Å². The predicted octanol–water partition coefficient (Wildman–Crippen LogP) is 1.51. The van der Waals surface area contributed by atoms with Gasteiger partial charge in [-0.3, -0.25) is 15.1 Å². The van der Waals surface area contributed by atoms with Crippen molar-refractivity contribution in [3.05, 3.63) is 58.8 Å². The van der Waals surface area contributed by atoms with Gasteiger partial charge in [0.1, 0.15) is 11.5 Å². The van der Waals surface area contributed by atoms with Crippen molar-refractivity contribution in [3.63, 3.8) is 0 Å². The van der Waals surface area contributed by atoms with Crippen molar-refractivity contribution < 1.29 is 13.3 Å². The molecular formula is C18H18N6O4S. The van der Waals surface area contributed by atoms with E-state index < -0.39 is 14.9 Å². The van der Waals surface area contributed by atoms with Crippen LogP contribution >= 0.6 is 0 Å². The van der Waals surface area contributed by atoms with Crippen LogP contribution in [0.2, 0.25) is 0 Å². The second-order valence-corrected chi connectivity index (χ2v) is 8.21. The molecule has 2 aromatic carbocycles. The lowest BCUT2D eigenvalue weighted by molar-refractivity contribution is -0.384. The summed E-state index contributed by atoms with van der Waals surface area (Å²) < 4.78 is 23.0. The zero-order chi connectivity index (χ0) is 20.6. The van der Waals surface area contributed by atoms with Gasteiger partial charge in [0.05, 0.1) is 27.0 Å². The van der Waals surface area contributed by atoms with Crippen molar-refractivity contribution in [3.8, 4) is 0 Å². The summed E-state index contributed by atoms with van der Waals surface area (Å²) in [6, 6.07) is 11.3. The Morgan fingerprint density at radius 2 is 1.66 bits per heavy atom. The first-order valence-corrected chi connectivity index (χ1v) is 10.4.